The highest BCUT2D eigenvalue weighted by atomic mass is 32.1. The van der Waals surface area contributed by atoms with Gasteiger partial charge in [0.05, 0.1) is 0 Å². The van der Waals surface area contributed by atoms with Crippen LogP contribution in [-0.4, -0.2) is 45.0 Å². The lowest BCUT2D eigenvalue weighted by Gasteiger charge is -2.19. The van der Waals surface area contributed by atoms with Gasteiger partial charge < -0.3 is 19.4 Å². The Morgan fingerprint density at radius 2 is 1.71 bits per heavy atom. The number of rotatable bonds is 6. The van der Waals surface area contributed by atoms with Gasteiger partial charge in [-0.15, -0.1) is 11.3 Å². The molecule has 0 aromatic carbocycles. The van der Waals surface area contributed by atoms with Gasteiger partial charge in [-0.3, -0.25) is 5.32 Å². The molecule has 28 heavy (non-hydrogen) atoms. The Kier molecular flexibility index (Phi) is 7.28. The fourth-order valence-corrected chi connectivity index (χ4v) is 2.18. The predicted octanol–water partition coefficient (Wildman–Crippen LogP) is 3.15. The van der Waals surface area contributed by atoms with Crippen molar-refractivity contribution in [1.82, 2.24) is 4.98 Å². The van der Waals surface area contributed by atoms with Crippen molar-refractivity contribution < 1.29 is 33.8 Å². The molecule has 1 aromatic rings. The van der Waals surface area contributed by atoms with Crippen LogP contribution in [0.5, 0.6) is 0 Å². The van der Waals surface area contributed by atoms with Crippen LogP contribution in [0.2, 0.25) is 0 Å². The Morgan fingerprint density at radius 3 is 2.21 bits per heavy atom. The van der Waals surface area contributed by atoms with Crippen LogP contribution in [0.3, 0.4) is 0 Å². The SMILES string of the molecule is C=C(O/N=C(\C(=O)O)c1csc(NC(=O)OC(C)(C)C)n1)C(=O)OC(C)(C)C. The summed E-state index contributed by atoms with van der Waals surface area (Å²) >= 11 is 0.961. The predicted molar refractivity (Wildman–Crippen MR) is 102 cm³/mol. The van der Waals surface area contributed by atoms with Gasteiger partial charge in [0.2, 0.25) is 11.5 Å². The van der Waals surface area contributed by atoms with E-state index in [1.807, 2.05) is 0 Å². The Bertz CT molecular complexity index is 800. The summed E-state index contributed by atoms with van der Waals surface area (Å²) in [6.45, 7) is 13.4. The molecule has 0 spiro atoms. The van der Waals surface area contributed by atoms with E-state index >= 15 is 0 Å². The van der Waals surface area contributed by atoms with Crippen LogP contribution < -0.4 is 5.32 Å². The fraction of sp³-hybridized carbons (Fsp3) is 0.471. The number of ether oxygens (including phenoxy) is 2. The summed E-state index contributed by atoms with van der Waals surface area (Å²) in [5.41, 5.74) is -2.15. The van der Waals surface area contributed by atoms with Crippen molar-refractivity contribution >= 4 is 40.2 Å². The third kappa shape index (κ3) is 8.16. The van der Waals surface area contributed by atoms with Crippen molar-refractivity contribution in [2.45, 2.75) is 52.7 Å². The fourth-order valence-electron chi connectivity index (χ4n) is 1.50. The first kappa shape index (κ1) is 23.1. The molecule has 0 radical (unpaired) electrons. The lowest BCUT2D eigenvalue weighted by atomic mass is 10.2. The Morgan fingerprint density at radius 1 is 1.14 bits per heavy atom. The second-order valence-corrected chi connectivity index (χ2v) is 8.28. The summed E-state index contributed by atoms with van der Waals surface area (Å²) in [5, 5.41) is 16.6. The molecule has 11 heteroatoms. The number of oxime groups is 1. The van der Waals surface area contributed by atoms with Crippen LogP contribution >= 0.6 is 11.3 Å². The average molecular weight is 413 g/mol. The van der Waals surface area contributed by atoms with Crippen LogP contribution in [0, 0.1) is 0 Å². The Labute approximate surface area is 166 Å². The molecule has 10 nitrogen and oxygen atoms in total. The maximum absolute atomic E-state index is 11.8. The molecule has 0 aliphatic carbocycles. The first-order chi connectivity index (χ1) is 12.7. The number of thiazole rings is 1. The molecular weight excluding hydrogens is 390 g/mol. The van der Waals surface area contributed by atoms with Gasteiger partial charge in [0.15, 0.2) is 5.13 Å². The van der Waals surface area contributed by atoms with Gasteiger partial charge in [0.25, 0.3) is 0 Å². The summed E-state index contributed by atoms with van der Waals surface area (Å²) in [7, 11) is 0. The molecule has 0 saturated heterocycles. The molecule has 0 bridgehead atoms. The van der Waals surface area contributed by atoms with Gasteiger partial charge >= 0.3 is 18.0 Å². The van der Waals surface area contributed by atoms with E-state index in [0.29, 0.717) is 0 Å². The number of anilines is 1. The maximum Gasteiger partial charge on any atom is 0.413 e. The number of aromatic nitrogens is 1. The quantitative estimate of drug-likeness (QED) is 0.239. The number of carbonyl (C=O) groups is 3. The minimum absolute atomic E-state index is 0.0828. The first-order valence-corrected chi connectivity index (χ1v) is 8.92. The van der Waals surface area contributed by atoms with E-state index in [0.717, 1.165) is 11.3 Å². The molecular formula is C17H23N3O7S. The maximum atomic E-state index is 11.8. The zero-order valence-corrected chi connectivity index (χ0v) is 17.3. The summed E-state index contributed by atoms with van der Waals surface area (Å²) < 4.78 is 10.1. The monoisotopic (exact) mass is 413 g/mol. The first-order valence-electron chi connectivity index (χ1n) is 8.04. The van der Waals surface area contributed by atoms with Crippen LogP contribution in [0.4, 0.5) is 9.93 Å². The lowest BCUT2D eigenvalue weighted by Crippen LogP contribution is -2.27. The topological polar surface area (TPSA) is 136 Å². The molecule has 0 atom stereocenters. The van der Waals surface area contributed by atoms with Crippen molar-refractivity contribution in [3.05, 3.63) is 23.4 Å². The third-order valence-corrected chi connectivity index (χ3v) is 3.19. The molecule has 154 valence electrons. The van der Waals surface area contributed by atoms with Gasteiger partial charge in [-0.25, -0.2) is 19.4 Å². The van der Waals surface area contributed by atoms with Crippen molar-refractivity contribution in [2.24, 2.45) is 5.16 Å². The second kappa shape index (κ2) is 8.83. The largest absolute Gasteiger partial charge is 0.476 e. The molecule has 0 aliphatic rings. The van der Waals surface area contributed by atoms with Gasteiger partial charge in [0.1, 0.15) is 16.9 Å². The zero-order valence-electron chi connectivity index (χ0n) is 16.5. The van der Waals surface area contributed by atoms with Crippen molar-refractivity contribution in [1.29, 1.82) is 0 Å². The lowest BCUT2D eigenvalue weighted by molar-refractivity contribution is -0.154. The van der Waals surface area contributed by atoms with E-state index in [1.54, 1.807) is 41.5 Å². The number of nitrogens with zero attached hydrogens (tertiary/aromatic N) is 2. The van der Waals surface area contributed by atoms with E-state index in [-0.39, 0.29) is 10.8 Å². The van der Waals surface area contributed by atoms with Crippen LogP contribution in [0.25, 0.3) is 0 Å². The smallest absolute Gasteiger partial charge is 0.413 e. The second-order valence-electron chi connectivity index (χ2n) is 7.43. The number of aliphatic carboxylic acids is 1. The summed E-state index contributed by atoms with van der Waals surface area (Å²) in [6.07, 6.45) is -0.739. The molecule has 0 saturated carbocycles. The molecule has 1 heterocycles. The number of hydrogen-bond acceptors (Lipinski definition) is 9. The van der Waals surface area contributed by atoms with Crippen LogP contribution in [0.1, 0.15) is 47.2 Å². The number of carboxylic acid groups (broad SMARTS) is 1. The van der Waals surface area contributed by atoms with Gasteiger partial charge in [-0.2, -0.15) is 0 Å². The van der Waals surface area contributed by atoms with Crippen molar-refractivity contribution in [3.8, 4) is 0 Å². The molecule has 0 fully saturated rings. The number of esters is 1. The molecule has 0 aliphatic heterocycles. The van der Waals surface area contributed by atoms with Crippen LogP contribution in [0.15, 0.2) is 22.9 Å². The van der Waals surface area contributed by atoms with Gasteiger partial charge in [-0.05, 0) is 48.1 Å². The van der Waals surface area contributed by atoms with Crippen molar-refractivity contribution in [3.63, 3.8) is 0 Å². The summed E-state index contributed by atoms with van der Waals surface area (Å²) in [4.78, 5) is 43.7. The minimum Gasteiger partial charge on any atom is -0.476 e. The third-order valence-electron chi connectivity index (χ3n) is 2.43. The summed E-state index contributed by atoms with van der Waals surface area (Å²) in [6, 6.07) is 0. The molecule has 1 aromatic heterocycles. The number of carboxylic acids is 1. The van der Waals surface area contributed by atoms with Crippen LogP contribution in [-0.2, 0) is 23.9 Å². The van der Waals surface area contributed by atoms with Crippen molar-refractivity contribution in [2.75, 3.05) is 5.32 Å². The van der Waals surface area contributed by atoms with E-state index in [4.69, 9.17) is 14.3 Å². The number of nitrogens with one attached hydrogen (secondary N) is 1. The standard InChI is InChI=1S/C17H23N3O7S/c1-9(13(23)25-16(2,3)4)27-20-11(12(21)22)10-8-28-14(18-10)19-15(24)26-17(5,6)7/h8H,1H2,2-7H3,(H,21,22)(H,18,19,24)/b20-11-. The Hall–Kier alpha value is -2.95. The van der Waals surface area contributed by atoms with E-state index in [2.05, 4.69) is 22.0 Å². The highest BCUT2D eigenvalue weighted by Crippen LogP contribution is 2.18. The molecule has 1 amide bonds. The number of carbonyl (C=O) groups excluding carboxylic acids is 2. The number of amides is 1. The molecule has 1 rings (SSSR count). The normalized spacial score (nSPS) is 12.1. The highest BCUT2D eigenvalue weighted by Gasteiger charge is 2.23. The zero-order chi connectivity index (χ0) is 21.7. The van der Waals surface area contributed by atoms with E-state index < -0.39 is 40.7 Å². The van der Waals surface area contributed by atoms with E-state index in [1.165, 1.54) is 5.38 Å². The minimum atomic E-state index is -1.45. The average Bonchev–Trinajstić information content (AvgIpc) is 2.90. The summed E-state index contributed by atoms with van der Waals surface area (Å²) in [5.74, 6) is -2.83. The molecule has 0 unspecified atom stereocenters. The van der Waals surface area contributed by atoms with E-state index in [9.17, 15) is 19.5 Å². The van der Waals surface area contributed by atoms with Gasteiger partial charge in [0, 0.05) is 5.38 Å². The highest BCUT2D eigenvalue weighted by molar-refractivity contribution is 7.14. The number of hydrogen-bond donors (Lipinski definition) is 2. The van der Waals surface area contributed by atoms with Gasteiger partial charge in [-0.1, -0.05) is 5.16 Å². The Balaban J connectivity index is 2.87. The molecule has 2 N–H and O–H groups in total.